The zero-order chi connectivity index (χ0) is 25.5. The number of nitrogens with zero attached hydrogens (tertiary/aromatic N) is 3. The van der Waals surface area contributed by atoms with Crippen LogP contribution in [-0.4, -0.2) is 20.7 Å². The molecule has 5 nitrogen and oxygen atoms in total. The first-order valence-electron chi connectivity index (χ1n) is 11.4. The molecule has 36 heavy (non-hydrogen) atoms. The van der Waals surface area contributed by atoms with Crippen molar-refractivity contribution in [3.05, 3.63) is 119 Å². The number of aromatic nitrogens is 3. The highest BCUT2D eigenvalue weighted by Gasteiger charge is 2.30. The second-order valence-corrected chi connectivity index (χ2v) is 8.17. The van der Waals surface area contributed by atoms with Gasteiger partial charge >= 0.3 is 12.1 Å². The minimum Gasteiger partial charge on any atom is -0.447 e. The van der Waals surface area contributed by atoms with Gasteiger partial charge in [0.15, 0.2) is 6.10 Å². The Hall–Kier alpha value is -4.20. The van der Waals surface area contributed by atoms with Crippen LogP contribution < -0.4 is 0 Å². The van der Waals surface area contributed by atoms with E-state index in [1.807, 2.05) is 30.3 Å². The lowest BCUT2D eigenvalue weighted by atomic mass is 10.0. The maximum Gasteiger partial charge on any atom is 0.416 e. The van der Waals surface area contributed by atoms with Gasteiger partial charge < -0.3 is 4.74 Å². The number of rotatable bonds is 8. The number of halogens is 3. The number of hydrogen-bond donors (Lipinski definition) is 0. The van der Waals surface area contributed by atoms with E-state index in [0.717, 1.165) is 30.5 Å². The largest absolute Gasteiger partial charge is 0.447 e. The van der Waals surface area contributed by atoms with E-state index >= 15 is 0 Å². The fraction of sp³-hybridized carbons (Fsp3) is 0.179. The molecule has 0 aliphatic carbocycles. The zero-order valence-corrected chi connectivity index (χ0v) is 19.5. The topological polar surface area (TPSA) is 57.0 Å². The van der Waals surface area contributed by atoms with Gasteiger partial charge in [-0.3, -0.25) is 0 Å². The van der Waals surface area contributed by atoms with Gasteiger partial charge in [-0.05, 0) is 53.5 Å². The van der Waals surface area contributed by atoms with Crippen molar-refractivity contribution < 1.29 is 22.7 Å². The Morgan fingerprint density at radius 2 is 1.69 bits per heavy atom. The normalized spacial score (nSPS) is 12.8. The van der Waals surface area contributed by atoms with Crippen molar-refractivity contribution in [2.45, 2.75) is 32.0 Å². The minimum atomic E-state index is -4.44. The van der Waals surface area contributed by atoms with Crippen LogP contribution in [0, 0.1) is 0 Å². The second-order valence-electron chi connectivity index (χ2n) is 8.17. The number of ether oxygens (including phenoxy) is 1. The van der Waals surface area contributed by atoms with Crippen molar-refractivity contribution in [3.63, 3.8) is 0 Å². The highest BCUT2D eigenvalue weighted by Crippen LogP contribution is 2.33. The number of carbonyl (C=O) groups is 1. The van der Waals surface area contributed by atoms with Crippen LogP contribution in [0.4, 0.5) is 13.2 Å². The van der Waals surface area contributed by atoms with E-state index in [9.17, 15) is 18.0 Å². The van der Waals surface area contributed by atoms with Gasteiger partial charge in [-0.1, -0.05) is 67.9 Å². The number of carbonyl (C=O) groups excluding carboxylic acids is 1. The summed E-state index contributed by atoms with van der Waals surface area (Å²) in [5, 5.41) is 4.19. The minimum absolute atomic E-state index is 0.392. The standard InChI is InChI=1S/C28H24F3N3O2/c1-2-6-20-9-13-23(14-10-20)27(35)36-26(22-7-4-3-5-8-22)25(34-19-32-18-33-34)17-21-11-15-24(16-12-21)28(29,30)31/h3-5,7-19,26H,2,6H2,1H3/b25-17+. The van der Waals surface area contributed by atoms with Crippen molar-refractivity contribution in [1.82, 2.24) is 14.8 Å². The highest BCUT2D eigenvalue weighted by atomic mass is 19.4. The third-order valence-corrected chi connectivity index (χ3v) is 5.56. The summed E-state index contributed by atoms with van der Waals surface area (Å²) in [7, 11) is 0. The molecule has 8 heteroatoms. The number of alkyl halides is 3. The Morgan fingerprint density at radius 1 is 1.00 bits per heavy atom. The molecule has 0 saturated heterocycles. The van der Waals surface area contributed by atoms with E-state index in [1.54, 1.807) is 30.3 Å². The third kappa shape index (κ3) is 6.07. The van der Waals surface area contributed by atoms with Crippen LogP contribution in [-0.2, 0) is 17.3 Å². The molecule has 1 heterocycles. The Bertz CT molecular complexity index is 1300. The predicted octanol–water partition coefficient (Wildman–Crippen LogP) is 6.85. The first-order valence-corrected chi connectivity index (χ1v) is 11.4. The Morgan fingerprint density at radius 3 is 2.28 bits per heavy atom. The van der Waals surface area contributed by atoms with Crippen LogP contribution in [0.2, 0.25) is 0 Å². The number of esters is 1. The molecule has 4 aromatic rings. The lowest BCUT2D eigenvalue weighted by Crippen LogP contribution is -2.17. The maximum atomic E-state index is 13.2. The van der Waals surface area contributed by atoms with Crippen LogP contribution in [0.5, 0.6) is 0 Å². The molecular weight excluding hydrogens is 467 g/mol. The van der Waals surface area contributed by atoms with Crippen LogP contribution in [0.1, 0.15) is 52.1 Å². The highest BCUT2D eigenvalue weighted by molar-refractivity contribution is 5.90. The predicted molar refractivity (Wildman–Crippen MR) is 131 cm³/mol. The molecule has 184 valence electrons. The molecule has 1 aromatic heterocycles. The summed E-state index contributed by atoms with van der Waals surface area (Å²) in [6.07, 6.45) is 0.967. The first kappa shape index (κ1) is 24.9. The van der Waals surface area contributed by atoms with Crippen molar-refractivity contribution in [1.29, 1.82) is 0 Å². The molecule has 0 spiro atoms. The summed E-state index contributed by atoms with van der Waals surface area (Å²) >= 11 is 0. The average molecular weight is 492 g/mol. The van der Waals surface area contributed by atoms with E-state index in [0.29, 0.717) is 22.4 Å². The fourth-order valence-electron chi connectivity index (χ4n) is 3.74. The second kappa shape index (κ2) is 11.0. The Labute approximate surface area is 206 Å². The summed E-state index contributed by atoms with van der Waals surface area (Å²) in [4.78, 5) is 17.2. The van der Waals surface area contributed by atoms with Gasteiger partial charge in [0.1, 0.15) is 12.7 Å². The summed E-state index contributed by atoms with van der Waals surface area (Å²) in [5.74, 6) is -0.537. The molecule has 3 aromatic carbocycles. The molecule has 0 N–H and O–H groups in total. The summed E-state index contributed by atoms with van der Waals surface area (Å²) in [5.41, 5.74) is 2.33. The van der Waals surface area contributed by atoms with Gasteiger partial charge in [-0.15, -0.1) is 0 Å². The molecule has 0 aliphatic rings. The van der Waals surface area contributed by atoms with Crippen molar-refractivity contribution >= 4 is 17.7 Å². The van der Waals surface area contributed by atoms with Gasteiger partial charge in [-0.2, -0.15) is 18.3 Å². The molecular formula is C28H24F3N3O2. The van der Waals surface area contributed by atoms with Gasteiger partial charge in [0, 0.05) is 0 Å². The van der Waals surface area contributed by atoms with Gasteiger partial charge in [-0.25, -0.2) is 14.5 Å². The lowest BCUT2D eigenvalue weighted by Gasteiger charge is -2.22. The van der Waals surface area contributed by atoms with E-state index in [2.05, 4.69) is 17.0 Å². The summed E-state index contributed by atoms with van der Waals surface area (Å²) < 4.78 is 46.5. The molecule has 0 fully saturated rings. The van der Waals surface area contributed by atoms with Crippen molar-refractivity contribution in [2.75, 3.05) is 0 Å². The molecule has 0 aliphatic heterocycles. The monoisotopic (exact) mass is 491 g/mol. The molecule has 0 amide bonds. The van der Waals surface area contributed by atoms with Crippen LogP contribution in [0.25, 0.3) is 11.8 Å². The van der Waals surface area contributed by atoms with Gasteiger partial charge in [0.05, 0.1) is 16.8 Å². The third-order valence-electron chi connectivity index (χ3n) is 5.56. The van der Waals surface area contributed by atoms with Crippen molar-refractivity contribution in [3.8, 4) is 0 Å². The van der Waals surface area contributed by atoms with E-state index < -0.39 is 23.8 Å². The van der Waals surface area contributed by atoms with E-state index in [1.165, 1.54) is 29.5 Å². The number of benzene rings is 3. The first-order chi connectivity index (χ1) is 17.3. The fourth-order valence-corrected chi connectivity index (χ4v) is 3.74. The smallest absolute Gasteiger partial charge is 0.416 e. The number of aryl methyl sites for hydroxylation is 1. The SMILES string of the molecule is CCCc1ccc(C(=O)OC(/C(=C\c2ccc(C(F)(F)F)cc2)n2cncn2)c2ccccc2)cc1. The summed E-state index contributed by atoms with van der Waals surface area (Å²) in [6.45, 7) is 2.08. The van der Waals surface area contributed by atoms with E-state index in [4.69, 9.17) is 4.74 Å². The van der Waals surface area contributed by atoms with Crippen LogP contribution >= 0.6 is 0 Å². The van der Waals surface area contributed by atoms with Crippen molar-refractivity contribution in [2.24, 2.45) is 0 Å². The molecule has 1 atom stereocenters. The molecule has 1 unspecified atom stereocenters. The molecule has 0 bridgehead atoms. The molecule has 0 saturated carbocycles. The Balaban J connectivity index is 1.73. The zero-order valence-electron chi connectivity index (χ0n) is 19.5. The van der Waals surface area contributed by atoms with Crippen LogP contribution in [0.3, 0.4) is 0 Å². The molecule has 0 radical (unpaired) electrons. The summed E-state index contributed by atoms with van der Waals surface area (Å²) in [6, 6.07) is 21.0. The van der Waals surface area contributed by atoms with Gasteiger partial charge in [0.2, 0.25) is 0 Å². The van der Waals surface area contributed by atoms with E-state index in [-0.39, 0.29) is 0 Å². The molecule has 4 rings (SSSR count). The number of hydrogen-bond acceptors (Lipinski definition) is 4. The lowest BCUT2D eigenvalue weighted by molar-refractivity contribution is -0.137. The average Bonchev–Trinajstić information content (AvgIpc) is 3.42. The van der Waals surface area contributed by atoms with Crippen LogP contribution in [0.15, 0.2) is 91.5 Å². The quantitative estimate of drug-likeness (QED) is 0.253. The maximum absolute atomic E-state index is 13.2. The van der Waals surface area contributed by atoms with Gasteiger partial charge in [0.25, 0.3) is 0 Å². The Kier molecular flexibility index (Phi) is 7.63.